The average Bonchev–Trinajstić information content (AvgIpc) is 2.55. The van der Waals surface area contributed by atoms with Crippen molar-refractivity contribution in [2.75, 3.05) is 7.11 Å². The first-order valence-corrected chi connectivity index (χ1v) is 6.27. The van der Waals surface area contributed by atoms with Crippen LogP contribution in [0.1, 0.15) is 20.7 Å². The Morgan fingerprint density at radius 1 is 1.09 bits per heavy atom. The van der Waals surface area contributed by atoms with Gasteiger partial charge in [-0.25, -0.2) is 14.0 Å². The molecular weight excluding hydrogens is 309 g/mol. The lowest BCUT2D eigenvalue weighted by Crippen LogP contribution is -2.15. The molecule has 0 heterocycles. The number of esters is 2. The Bertz CT molecular complexity index is 789. The smallest absolute Gasteiger partial charge is 0.344 e. The minimum absolute atomic E-state index is 0.0511. The molecule has 0 fully saturated rings. The van der Waals surface area contributed by atoms with Gasteiger partial charge in [0.15, 0.2) is 0 Å². The zero-order valence-electron chi connectivity index (χ0n) is 11.8. The highest BCUT2D eigenvalue weighted by Gasteiger charge is 2.23. The third-order valence-electron chi connectivity index (χ3n) is 2.87. The SMILES string of the molecule is COC(=O)c1ccccc1C(=O)Oc1ccc(F)cc1[N+](=O)[O-]. The van der Waals surface area contributed by atoms with Gasteiger partial charge in [0.05, 0.1) is 29.2 Å². The van der Waals surface area contributed by atoms with Crippen molar-refractivity contribution < 1.29 is 28.4 Å². The second-order valence-corrected chi connectivity index (χ2v) is 4.30. The van der Waals surface area contributed by atoms with Gasteiger partial charge in [0.2, 0.25) is 5.75 Å². The lowest BCUT2D eigenvalue weighted by molar-refractivity contribution is -0.385. The van der Waals surface area contributed by atoms with E-state index in [4.69, 9.17) is 4.74 Å². The third-order valence-corrected chi connectivity index (χ3v) is 2.87. The predicted molar refractivity (Wildman–Crippen MR) is 75.8 cm³/mol. The Kier molecular flexibility index (Phi) is 4.65. The molecule has 0 aliphatic rings. The standard InChI is InChI=1S/C15H10FNO6/c1-22-14(18)10-4-2-3-5-11(10)15(19)23-13-7-6-9(16)8-12(13)17(20)21/h2-8H,1H3. The van der Waals surface area contributed by atoms with E-state index in [0.29, 0.717) is 6.07 Å². The first-order valence-electron chi connectivity index (χ1n) is 6.27. The summed E-state index contributed by atoms with van der Waals surface area (Å²) in [5.41, 5.74) is -0.878. The molecule has 7 nitrogen and oxygen atoms in total. The Hall–Kier alpha value is -3.29. The molecule has 0 aromatic heterocycles. The van der Waals surface area contributed by atoms with E-state index in [1.807, 2.05) is 0 Å². The largest absolute Gasteiger partial charge is 0.465 e. The summed E-state index contributed by atoms with van der Waals surface area (Å²) in [4.78, 5) is 33.8. The minimum Gasteiger partial charge on any atom is -0.465 e. The maximum atomic E-state index is 13.1. The van der Waals surface area contributed by atoms with Crippen LogP contribution in [0.3, 0.4) is 0 Å². The van der Waals surface area contributed by atoms with Gasteiger partial charge in [0.1, 0.15) is 5.82 Å². The summed E-state index contributed by atoms with van der Waals surface area (Å²) >= 11 is 0. The summed E-state index contributed by atoms with van der Waals surface area (Å²) in [6.07, 6.45) is 0. The number of rotatable bonds is 4. The fraction of sp³-hybridized carbons (Fsp3) is 0.0667. The van der Waals surface area contributed by atoms with Gasteiger partial charge < -0.3 is 9.47 Å². The van der Waals surface area contributed by atoms with Crippen LogP contribution < -0.4 is 4.74 Å². The van der Waals surface area contributed by atoms with Gasteiger partial charge in [-0.05, 0) is 24.3 Å². The first-order chi connectivity index (χ1) is 10.9. The number of carbonyl (C=O) groups excluding carboxylic acids is 2. The van der Waals surface area contributed by atoms with Crippen molar-refractivity contribution in [2.24, 2.45) is 0 Å². The summed E-state index contributed by atoms with van der Waals surface area (Å²) in [5.74, 6) is -3.03. The average molecular weight is 319 g/mol. The van der Waals surface area contributed by atoms with Crippen molar-refractivity contribution in [1.29, 1.82) is 0 Å². The van der Waals surface area contributed by atoms with E-state index in [1.165, 1.54) is 24.3 Å². The Balaban J connectivity index is 2.38. The fourth-order valence-electron chi connectivity index (χ4n) is 1.82. The van der Waals surface area contributed by atoms with Gasteiger partial charge in [-0.3, -0.25) is 10.1 Å². The van der Waals surface area contributed by atoms with E-state index >= 15 is 0 Å². The van der Waals surface area contributed by atoms with Crippen LogP contribution in [0.25, 0.3) is 0 Å². The zero-order valence-corrected chi connectivity index (χ0v) is 11.8. The molecule has 0 aliphatic heterocycles. The number of methoxy groups -OCH3 is 1. The van der Waals surface area contributed by atoms with Gasteiger partial charge in [-0.1, -0.05) is 12.1 Å². The van der Waals surface area contributed by atoms with E-state index < -0.39 is 34.1 Å². The Labute approximate surface area is 129 Å². The number of halogens is 1. The second-order valence-electron chi connectivity index (χ2n) is 4.30. The number of nitro benzene ring substituents is 1. The molecule has 118 valence electrons. The number of ether oxygens (including phenoxy) is 2. The van der Waals surface area contributed by atoms with E-state index in [9.17, 15) is 24.1 Å². The van der Waals surface area contributed by atoms with Crippen molar-refractivity contribution in [3.05, 3.63) is 69.5 Å². The molecule has 0 N–H and O–H groups in total. The molecule has 0 unspecified atom stereocenters. The molecule has 0 aliphatic carbocycles. The molecule has 23 heavy (non-hydrogen) atoms. The lowest BCUT2D eigenvalue weighted by Gasteiger charge is -2.08. The predicted octanol–water partition coefficient (Wildman–Crippen LogP) is 2.74. The third kappa shape index (κ3) is 3.49. The maximum Gasteiger partial charge on any atom is 0.344 e. The first kappa shape index (κ1) is 16.1. The quantitative estimate of drug-likeness (QED) is 0.372. The molecule has 0 amide bonds. The number of carbonyl (C=O) groups is 2. The van der Waals surface area contributed by atoms with E-state index in [1.54, 1.807) is 0 Å². The van der Waals surface area contributed by atoms with E-state index in [2.05, 4.69) is 4.74 Å². The highest BCUT2D eigenvalue weighted by molar-refractivity contribution is 6.03. The Morgan fingerprint density at radius 2 is 1.70 bits per heavy atom. The highest BCUT2D eigenvalue weighted by Crippen LogP contribution is 2.28. The number of benzene rings is 2. The molecule has 2 rings (SSSR count). The molecule has 8 heteroatoms. The minimum atomic E-state index is -0.999. The summed E-state index contributed by atoms with van der Waals surface area (Å²) in [6, 6.07) is 8.18. The topological polar surface area (TPSA) is 95.7 Å². The lowest BCUT2D eigenvalue weighted by atomic mass is 10.1. The monoisotopic (exact) mass is 319 g/mol. The van der Waals surface area contributed by atoms with Crippen LogP contribution in [-0.2, 0) is 4.74 Å². The molecule has 0 radical (unpaired) electrons. The van der Waals surface area contributed by atoms with Gasteiger partial charge in [-0.2, -0.15) is 0 Å². The van der Waals surface area contributed by atoms with Gasteiger partial charge in [-0.15, -0.1) is 0 Å². The van der Waals surface area contributed by atoms with Crippen molar-refractivity contribution in [2.45, 2.75) is 0 Å². The number of nitrogens with zero attached hydrogens (tertiary/aromatic N) is 1. The summed E-state index contributed by atoms with van der Waals surface area (Å²) < 4.78 is 22.6. The molecule has 2 aromatic rings. The number of hydrogen-bond acceptors (Lipinski definition) is 6. The molecular formula is C15H10FNO6. The Morgan fingerprint density at radius 3 is 2.26 bits per heavy atom. The fourth-order valence-corrected chi connectivity index (χ4v) is 1.82. The van der Waals surface area contributed by atoms with Crippen molar-refractivity contribution in [1.82, 2.24) is 0 Å². The van der Waals surface area contributed by atoms with Crippen LogP contribution in [0.15, 0.2) is 42.5 Å². The molecule has 0 atom stereocenters. The van der Waals surface area contributed by atoms with Crippen molar-refractivity contribution >= 4 is 17.6 Å². The van der Waals surface area contributed by atoms with Crippen molar-refractivity contribution in [3.63, 3.8) is 0 Å². The maximum absolute atomic E-state index is 13.1. The number of hydrogen-bond donors (Lipinski definition) is 0. The van der Waals surface area contributed by atoms with Crippen LogP contribution >= 0.6 is 0 Å². The van der Waals surface area contributed by atoms with Gasteiger partial charge in [0, 0.05) is 0 Å². The van der Waals surface area contributed by atoms with Crippen LogP contribution in [0, 0.1) is 15.9 Å². The summed E-state index contributed by atoms with van der Waals surface area (Å²) in [7, 11) is 1.15. The zero-order chi connectivity index (χ0) is 17.0. The van der Waals surface area contributed by atoms with E-state index in [-0.39, 0.29) is 11.1 Å². The van der Waals surface area contributed by atoms with Crippen molar-refractivity contribution in [3.8, 4) is 5.75 Å². The van der Waals surface area contributed by atoms with Gasteiger partial charge in [0.25, 0.3) is 0 Å². The molecule has 0 saturated heterocycles. The van der Waals surface area contributed by atoms with Crippen LogP contribution in [0.2, 0.25) is 0 Å². The summed E-state index contributed by atoms with van der Waals surface area (Å²) in [5, 5.41) is 10.9. The second kappa shape index (κ2) is 6.65. The molecule has 0 saturated carbocycles. The van der Waals surface area contributed by atoms with Crippen LogP contribution in [0.4, 0.5) is 10.1 Å². The van der Waals surface area contributed by atoms with Crippen LogP contribution in [0.5, 0.6) is 5.75 Å². The molecule has 2 aromatic carbocycles. The van der Waals surface area contributed by atoms with E-state index in [0.717, 1.165) is 19.2 Å². The highest BCUT2D eigenvalue weighted by atomic mass is 19.1. The molecule has 0 spiro atoms. The normalized spacial score (nSPS) is 10.0. The summed E-state index contributed by atoms with van der Waals surface area (Å²) in [6.45, 7) is 0. The number of nitro groups is 1. The molecule has 0 bridgehead atoms. The van der Waals surface area contributed by atoms with Crippen LogP contribution in [-0.4, -0.2) is 24.0 Å². The van der Waals surface area contributed by atoms with Gasteiger partial charge >= 0.3 is 17.6 Å².